The Hall–Kier alpha value is -0.410. The molecule has 0 unspecified atom stereocenters. The standard InChI is InChI=1S/C6H9NOS/c8-5-1-2-6-3-4-7-9-6/h3-4,8H,1-2,5H2. The number of aliphatic hydroxyl groups is 1. The molecule has 0 saturated carbocycles. The van der Waals surface area contributed by atoms with Crippen molar-refractivity contribution in [2.24, 2.45) is 0 Å². The second-order valence-electron chi connectivity index (χ2n) is 1.81. The van der Waals surface area contributed by atoms with Gasteiger partial charge in [-0.1, -0.05) is 0 Å². The molecule has 2 nitrogen and oxygen atoms in total. The fourth-order valence-corrected chi connectivity index (χ4v) is 1.24. The van der Waals surface area contributed by atoms with Crippen molar-refractivity contribution in [2.75, 3.05) is 6.61 Å². The first-order chi connectivity index (χ1) is 4.43. The van der Waals surface area contributed by atoms with Gasteiger partial charge in [0.1, 0.15) is 0 Å². The molecule has 1 rings (SSSR count). The van der Waals surface area contributed by atoms with Crippen molar-refractivity contribution >= 4 is 11.5 Å². The summed E-state index contributed by atoms with van der Waals surface area (Å²) in [6, 6.07) is 1.99. The molecule has 0 amide bonds. The second-order valence-corrected chi connectivity index (χ2v) is 2.72. The van der Waals surface area contributed by atoms with Crippen molar-refractivity contribution < 1.29 is 5.11 Å². The highest BCUT2D eigenvalue weighted by Crippen LogP contribution is 2.06. The number of nitrogens with zero attached hydrogens (tertiary/aromatic N) is 1. The Labute approximate surface area is 58.3 Å². The number of hydrogen-bond acceptors (Lipinski definition) is 3. The first kappa shape index (κ1) is 6.71. The normalized spacial score (nSPS) is 9.89. The number of hydrogen-bond donors (Lipinski definition) is 1. The van der Waals surface area contributed by atoms with E-state index in [2.05, 4.69) is 4.37 Å². The molecule has 1 aromatic rings. The molecule has 1 heterocycles. The smallest absolute Gasteiger partial charge is 0.0434 e. The topological polar surface area (TPSA) is 33.1 Å². The monoisotopic (exact) mass is 143 g/mol. The lowest BCUT2D eigenvalue weighted by atomic mass is 10.3. The molecule has 0 saturated heterocycles. The van der Waals surface area contributed by atoms with Crippen LogP contribution in [0.3, 0.4) is 0 Å². The van der Waals surface area contributed by atoms with Gasteiger partial charge < -0.3 is 5.11 Å². The molecule has 0 atom stereocenters. The molecule has 0 aliphatic carbocycles. The molecule has 0 aliphatic heterocycles. The van der Waals surface area contributed by atoms with Gasteiger partial charge in [-0.05, 0) is 30.4 Å². The van der Waals surface area contributed by atoms with Gasteiger partial charge in [-0.15, -0.1) is 0 Å². The van der Waals surface area contributed by atoms with Crippen molar-refractivity contribution in [1.29, 1.82) is 0 Å². The highest BCUT2D eigenvalue weighted by atomic mass is 32.1. The maximum absolute atomic E-state index is 8.45. The van der Waals surface area contributed by atoms with E-state index >= 15 is 0 Å². The molecule has 0 aromatic carbocycles. The minimum Gasteiger partial charge on any atom is -0.396 e. The molecular weight excluding hydrogens is 134 g/mol. The van der Waals surface area contributed by atoms with Gasteiger partial charge in [-0.3, -0.25) is 0 Å². The third-order valence-electron chi connectivity index (χ3n) is 1.07. The molecule has 50 valence electrons. The molecule has 0 aliphatic rings. The zero-order chi connectivity index (χ0) is 6.53. The molecular formula is C6H9NOS. The van der Waals surface area contributed by atoms with E-state index in [0.29, 0.717) is 0 Å². The fourth-order valence-electron chi connectivity index (χ4n) is 0.624. The third-order valence-corrected chi connectivity index (χ3v) is 1.87. The van der Waals surface area contributed by atoms with Gasteiger partial charge >= 0.3 is 0 Å². The van der Waals surface area contributed by atoms with Crippen molar-refractivity contribution in [3.05, 3.63) is 17.1 Å². The molecule has 0 spiro atoms. The van der Waals surface area contributed by atoms with Crippen molar-refractivity contribution in [1.82, 2.24) is 4.37 Å². The van der Waals surface area contributed by atoms with Crippen molar-refractivity contribution in [3.8, 4) is 0 Å². The lowest BCUT2D eigenvalue weighted by Crippen LogP contribution is -1.84. The Morgan fingerprint density at radius 2 is 2.56 bits per heavy atom. The first-order valence-electron chi connectivity index (χ1n) is 2.94. The van der Waals surface area contributed by atoms with Crippen LogP contribution in [0.1, 0.15) is 11.3 Å². The second kappa shape index (κ2) is 3.58. The minimum absolute atomic E-state index is 0.276. The van der Waals surface area contributed by atoms with Crippen LogP contribution in [0.15, 0.2) is 12.3 Å². The molecule has 0 radical (unpaired) electrons. The van der Waals surface area contributed by atoms with Crippen LogP contribution in [0.25, 0.3) is 0 Å². The summed E-state index contributed by atoms with van der Waals surface area (Å²) in [5, 5.41) is 8.45. The Kier molecular flexibility index (Phi) is 2.67. The number of aliphatic hydroxyl groups excluding tert-OH is 1. The van der Waals surface area contributed by atoms with Gasteiger partial charge in [0.2, 0.25) is 0 Å². The van der Waals surface area contributed by atoms with E-state index in [1.807, 2.05) is 6.07 Å². The Balaban J connectivity index is 2.30. The van der Waals surface area contributed by atoms with Gasteiger partial charge in [0.05, 0.1) is 0 Å². The van der Waals surface area contributed by atoms with Crippen LogP contribution in [0.5, 0.6) is 0 Å². The summed E-state index contributed by atoms with van der Waals surface area (Å²) in [5.41, 5.74) is 0. The maximum atomic E-state index is 8.45. The lowest BCUT2D eigenvalue weighted by Gasteiger charge is -1.88. The summed E-state index contributed by atoms with van der Waals surface area (Å²) < 4.78 is 3.94. The third kappa shape index (κ3) is 2.11. The van der Waals surface area contributed by atoms with Crippen molar-refractivity contribution in [2.45, 2.75) is 12.8 Å². The highest BCUT2D eigenvalue weighted by Gasteiger charge is 1.91. The molecule has 0 fully saturated rings. The predicted octanol–water partition coefficient (Wildman–Crippen LogP) is 1.07. The van der Waals surface area contributed by atoms with Gasteiger partial charge in [0.25, 0.3) is 0 Å². The lowest BCUT2D eigenvalue weighted by molar-refractivity contribution is 0.289. The van der Waals surface area contributed by atoms with Crippen LogP contribution in [0, 0.1) is 0 Å². The number of rotatable bonds is 3. The van der Waals surface area contributed by atoms with E-state index < -0.39 is 0 Å². The average molecular weight is 143 g/mol. The summed E-state index contributed by atoms with van der Waals surface area (Å²) in [5.74, 6) is 0. The van der Waals surface area contributed by atoms with Crippen LogP contribution >= 0.6 is 11.5 Å². The SMILES string of the molecule is OCCCc1ccns1. The van der Waals surface area contributed by atoms with Crippen LogP contribution in [0.2, 0.25) is 0 Å². The van der Waals surface area contributed by atoms with E-state index in [1.165, 1.54) is 16.4 Å². The molecule has 3 heteroatoms. The van der Waals surface area contributed by atoms with Crippen LogP contribution in [-0.2, 0) is 6.42 Å². The Morgan fingerprint density at radius 3 is 3.11 bits per heavy atom. The van der Waals surface area contributed by atoms with Crippen LogP contribution in [-0.4, -0.2) is 16.1 Å². The zero-order valence-electron chi connectivity index (χ0n) is 5.08. The minimum atomic E-state index is 0.276. The summed E-state index contributed by atoms with van der Waals surface area (Å²) in [6.45, 7) is 0.276. The Morgan fingerprint density at radius 1 is 1.67 bits per heavy atom. The predicted molar refractivity (Wildman–Crippen MR) is 37.5 cm³/mol. The van der Waals surface area contributed by atoms with E-state index in [4.69, 9.17) is 5.11 Å². The van der Waals surface area contributed by atoms with E-state index in [1.54, 1.807) is 6.20 Å². The first-order valence-corrected chi connectivity index (χ1v) is 3.71. The highest BCUT2D eigenvalue weighted by molar-refractivity contribution is 7.05. The van der Waals surface area contributed by atoms with Crippen LogP contribution in [0.4, 0.5) is 0 Å². The molecule has 0 bridgehead atoms. The fraction of sp³-hybridized carbons (Fsp3) is 0.500. The molecule has 9 heavy (non-hydrogen) atoms. The average Bonchev–Trinajstić information content (AvgIpc) is 2.34. The van der Waals surface area contributed by atoms with Gasteiger partial charge in [-0.25, -0.2) is 4.37 Å². The number of aryl methyl sites for hydroxylation is 1. The van der Waals surface area contributed by atoms with E-state index in [9.17, 15) is 0 Å². The summed E-state index contributed by atoms with van der Waals surface area (Å²) >= 11 is 1.50. The Bertz CT molecular complexity index is 150. The van der Waals surface area contributed by atoms with E-state index in [0.717, 1.165) is 12.8 Å². The molecule has 1 aromatic heterocycles. The van der Waals surface area contributed by atoms with Gasteiger partial charge in [0.15, 0.2) is 0 Å². The van der Waals surface area contributed by atoms with Crippen LogP contribution < -0.4 is 0 Å². The van der Waals surface area contributed by atoms with E-state index in [-0.39, 0.29) is 6.61 Å². The number of aromatic nitrogens is 1. The summed E-state index contributed by atoms with van der Waals surface area (Å²) in [7, 11) is 0. The maximum Gasteiger partial charge on any atom is 0.0434 e. The largest absolute Gasteiger partial charge is 0.396 e. The van der Waals surface area contributed by atoms with Gasteiger partial charge in [0, 0.05) is 17.7 Å². The van der Waals surface area contributed by atoms with Crippen molar-refractivity contribution in [3.63, 3.8) is 0 Å². The summed E-state index contributed by atoms with van der Waals surface area (Å²) in [6.07, 6.45) is 3.60. The molecule has 1 N–H and O–H groups in total. The quantitative estimate of drug-likeness (QED) is 0.686. The zero-order valence-corrected chi connectivity index (χ0v) is 5.90. The van der Waals surface area contributed by atoms with Gasteiger partial charge in [-0.2, -0.15) is 0 Å². The summed E-state index contributed by atoms with van der Waals surface area (Å²) in [4.78, 5) is 1.25.